The Morgan fingerprint density at radius 1 is 1.12 bits per heavy atom. The quantitative estimate of drug-likeness (QED) is 0.477. The number of nitrogens with one attached hydrogen (secondary N) is 1. The van der Waals surface area contributed by atoms with Crippen LogP contribution in [-0.4, -0.2) is 87.3 Å². The summed E-state index contributed by atoms with van der Waals surface area (Å²) in [6.45, 7) is 13.0. The van der Waals surface area contributed by atoms with Gasteiger partial charge in [-0.2, -0.15) is 30.3 Å². The van der Waals surface area contributed by atoms with Crippen LogP contribution in [0.15, 0.2) is 48.2 Å². The maximum absolute atomic E-state index is 5.83. The van der Waals surface area contributed by atoms with E-state index >= 15 is 0 Å². The SMILES string of the molecule is CC.CN(CCN1CCCCCOCCN(C)CC2C=CC=C(C1)N2)Cc1cc[c-]cc1.[Cm]. The molecule has 2 aliphatic rings. The summed E-state index contributed by atoms with van der Waals surface area (Å²) in [7, 11) is 4.40. The van der Waals surface area contributed by atoms with Crippen LogP contribution in [0.2, 0.25) is 0 Å². The Bertz CT molecular complexity index is 667. The molecule has 1 aromatic rings. The maximum Gasteiger partial charge on any atom is 0.0593 e. The second kappa shape index (κ2) is 16.9. The van der Waals surface area contributed by atoms with Crippen molar-refractivity contribution in [1.29, 1.82) is 0 Å². The summed E-state index contributed by atoms with van der Waals surface area (Å²) in [5.41, 5.74) is 2.69. The van der Waals surface area contributed by atoms with Crippen LogP contribution in [0.25, 0.3) is 0 Å². The van der Waals surface area contributed by atoms with Gasteiger partial charge in [0.1, 0.15) is 0 Å². The minimum Gasteiger partial charge on any atom is -0.380 e. The Labute approximate surface area is 197 Å². The second-order valence-electron chi connectivity index (χ2n) is 8.69. The molecule has 33 heavy (non-hydrogen) atoms. The van der Waals surface area contributed by atoms with Gasteiger partial charge in [0, 0.05) is 51.6 Å². The molecule has 3 rings (SSSR count). The van der Waals surface area contributed by atoms with Crippen molar-refractivity contribution in [1.82, 2.24) is 20.0 Å². The van der Waals surface area contributed by atoms with Crippen molar-refractivity contribution in [2.24, 2.45) is 0 Å². The first-order valence-electron chi connectivity index (χ1n) is 12.4. The molecule has 0 amide bonds. The Balaban J connectivity index is 0.00000177. The third-order valence-corrected chi connectivity index (χ3v) is 5.83. The molecular weight excluding hydrogens is 643 g/mol. The largest absolute Gasteiger partial charge is 0.380 e. The molecule has 1 saturated heterocycles. The Kier molecular flexibility index (Phi) is 14.5. The fraction of sp³-hybridized carbons (Fsp3) is 0.630. The number of nitrogens with zero attached hydrogens (tertiary/aromatic N) is 3. The maximum atomic E-state index is 5.83. The van der Waals surface area contributed by atoms with Gasteiger partial charge in [-0.3, -0.25) is 4.90 Å². The van der Waals surface area contributed by atoms with E-state index in [0.717, 1.165) is 65.4 Å². The molecule has 2 aliphatic heterocycles. The van der Waals surface area contributed by atoms with Gasteiger partial charge in [-0.1, -0.05) is 26.0 Å². The predicted molar refractivity (Wildman–Crippen MR) is 136 cm³/mol. The third kappa shape index (κ3) is 11.7. The Morgan fingerprint density at radius 3 is 2.70 bits per heavy atom. The van der Waals surface area contributed by atoms with Crippen LogP contribution < -0.4 is 5.32 Å². The van der Waals surface area contributed by atoms with Crippen LogP contribution >= 0.6 is 0 Å². The van der Waals surface area contributed by atoms with Gasteiger partial charge >= 0.3 is 0 Å². The topological polar surface area (TPSA) is 31.0 Å². The van der Waals surface area contributed by atoms with Gasteiger partial charge in [0.2, 0.25) is 0 Å². The predicted octanol–water partition coefficient (Wildman–Crippen LogP) is 3.79. The van der Waals surface area contributed by atoms with Crippen molar-refractivity contribution < 1.29 is 4.74 Å². The van der Waals surface area contributed by atoms with Crippen molar-refractivity contribution in [2.75, 3.05) is 66.6 Å². The number of hydrogen-bond acceptors (Lipinski definition) is 5. The monoisotopic (exact) mass is 684 g/mol. The summed E-state index contributed by atoms with van der Waals surface area (Å²) >= 11 is 0. The minimum atomic E-state index is 0. The summed E-state index contributed by atoms with van der Waals surface area (Å²) in [4.78, 5) is 7.38. The molecule has 2 heterocycles. The molecule has 0 spiro atoms. The molecule has 1 fully saturated rings. The summed E-state index contributed by atoms with van der Waals surface area (Å²) in [6, 6.07) is 11.8. The van der Waals surface area contributed by atoms with E-state index < -0.39 is 0 Å². The van der Waals surface area contributed by atoms with E-state index in [4.69, 9.17) is 4.74 Å². The fourth-order valence-electron chi connectivity index (χ4n) is 4.05. The number of likely N-dealkylation sites (N-methyl/N-ethyl adjacent to an activating group) is 2. The first-order chi connectivity index (χ1) is 15.7. The zero-order valence-corrected chi connectivity index (χ0v) is 24.2. The summed E-state index contributed by atoms with van der Waals surface area (Å²) in [6.07, 6.45) is 10.4. The molecule has 2 bridgehead atoms. The van der Waals surface area contributed by atoms with Crippen LogP contribution in [0.4, 0.5) is 0 Å². The fourth-order valence-corrected chi connectivity index (χ4v) is 4.05. The molecule has 1 unspecified atom stereocenters. The second-order valence-corrected chi connectivity index (χ2v) is 8.69. The zero-order valence-electron chi connectivity index (χ0n) is 21.2. The number of rotatable bonds is 5. The first kappa shape index (κ1) is 28.4. The number of allylic oxidation sites excluding steroid dienone is 2. The van der Waals surface area contributed by atoms with Gasteiger partial charge in [0.25, 0.3) is 0 Å². The van der Waals surface area contributed by atoms with E-state index in [1.165, 1.54) is 24.1 Å². The normalized spacial score (nSPS) is 20.9. The number of benzene rings is 1. The van der Waals surface area contributed by atoms with Gasteiger partial charge in [-0.05, 0) is 46.0 Å². The van der Waals surface area contributed by atoms with E-state index in [-0.39, 0.29) is 0 Å². The smallest absolute Gasteiger partial charge is 0.0593 e. The molecule has 1 atom stereocenters. The summed E-state index contributed by atoms with van der Waals surface area (Å²) < 4.78 is 5.83. The van der Waals surface area contributed by atoms with Crippen molar-refractivity contribution in [3.63, 3.8) is 0 Å². The van der Waals surface area contributed by atoms with E-state index in [2.05, 4.69) is 70.5 Å². The van der Waals surface area contributed by atoms with E-state index in [1.54, 1.807) is 0 Å². The van der Waals surface area contributed by atoms with Gasteiger partial charge in [-0.25, -0.2) is 0 Å². The van der Waals surface area contributed by atoms with E-state index in [9.17, 15) is 0 Å². The van der Waals surface area contributed by atoms with Crippen molar-refractivity contribution >= 4 is 0 Å². The number of ether oxygens (including phenoxy) is 1. The van der Waals surface area contributed by atoms with Crippen LogP contribution in [0.3, 0.4) is 0 Å². The summed E-state index contributed by atoms with van der Waals surface area (Å²) in [5, 5.41) is 3.74. The van der Waals surface area contributed by atoms with Crippen LogP contribution in [0.1, 0.15) is 38.7 Å². The minimum absolute atomic E-state index is 0. The third-order valence-electron chi connectivity index (χ3n) is 5.83. The molecule has 0 radical (unpaired) electrons. The van der Waals surface area contributed by atoms with Gasteiger partial charge in [0.05, 0.1) is 12.6 Å². The molecule has 1 aromatic carbocycles. The van der Waals surface area contributed by atoms with Crippen molar-refractivity contribution in [3.8, 4) is 0 Å². The first-order valence-corrected chi connectivity index (χ1v) is 12.4. The molecule has 5 nitrogen and oxygen atoms in total. The van der Waals surface area contributed by atoms with E-state index in [0.29, 0.717) is 6.04 Å². The molecule has 6 heteroatoms. The number of hydrogen-bond donors (Lipinski definition) is 1. The van der Waals surface area contributed by atoms with Crippen molar-refractivity contribution in [3.05, 3.63) is 59.8 Å². The standard InChI is InChI=1S/C25H39N4O.C2H6.Cm/c1-27(20-23-10-5-3-6-11-23)15-16-29-14-7-4-8-18-30-19-17-28(2)21-24-12-9-13-25(22-29)26-24;1-2;/h5-6,9-13,24,26H,4,7-8,14-22H2,1-2H3;1-2H3;/q-1;;. The number of fused-ring (bicyclic) bond motifs is 2. The van der Waals surface area contributed by atoms with Crippen LogP contribution in [0.5, 0.6) is 0 Å². The van der Waals surface area contributed by atoms with Crippen LogP contribution in [-0.2, 0) is 11.3 Å². The average molecular weight is 689 g/mol. The number of dihydropyridines is 1. The van der Waals surface area contributed by atoms with Gasteiger partial charge in [0.15, 0.2) is 0 Å². The molecule has 0 aliphatic carbocycles. The molecule has 1 N–H and O–H groups in total. The summed E-state index contributed by atoms with van der Waals surface area (Å²) in [5.74, 6) is 0. The van der Waals surface area contributed by atoms with E-state index in [1.807, 2.05) is 26.0 Å². The van der Waals surface area contributed by atoms with Crippen LogP contribution in [0, 0.1) is 6.07 Å². The zero-order chi connectivity index (χ0) is 23.0. The van der Waals surface area contributed by atoms with Gasteiger partial charge in [-0.15, -0.1) is 5.56 Å². The average Bonchev–Trinajstić information content (AvgIpc) is 2.81. The van der Waals surface area contributed by atoms with Gasteiger partial charge < -0.3 is 19.9 Å². The molecule has 188 valence electrons. The Hall–Kier alpha value is -2.66. The van der Waals surface area contributed by atoms with Crippen molar-refractivity contribution in [2.45, 2.75) is 45.7 Å². The molecule has 0 saturated carbocycles. The molecule has 0 aromatic heterocycles. The Morgan fingerprint density at radius 2 is 1.91 bits per heavy atom. The molecular formula is C27H45CmN4O-.